The number of allylic oxidation sites excluding steroid dienone is 2. The zero-order valence-corrected chi connectivity index (χ0v) is 20.8. The number of pyridine rings is 1. The molecular weight excluding hydrogens is 464 g/mol. The number of carbonyl (C=O) groups excluding carboxylic acids is 1. The van der Waals surface area contributed by atoms with Crippen LogP contribution in [0.1, 0.15) is 60.6 Å². The number of anilines is 1. The van der Waals surface area contributed by atoms with Gasteiger partial charge in [-0.3, -0.25) is 9.79 Å². The number of hydrogen-bond donors (Lipinski definition) is 2. The fourth-order valence-electron chi connectivity index (χ4n) is 4.90. The van der Waals surface area contributed by atoms with Crippen molar-refractivity contribution in [1.82, 2.24) is 9.88 Å². The molecule has 0 spiro atoms. The van der Waals surface area contributed by atoms with E-state index in [0.29, 0.717) is 59.8 Å². The second-order valence-electron chi connectivity index (χ2n) is 9.58. The minimum absolute atomic E-state index is 0.0441. The third-order valence-electron chi connectivity index (χ3n) is 7.03. The number of likely N-dealkylation sites (tertiary alicyclic amines) is 1. The number of nitrogens with two attached hydrogens (primary N) is 1. The number of hydrogen-bond acceptors (Lipinski definition) is 6. The van der Waals surface area contributed by atoms with Gasteiger partial charge in [0.2, 0.25) is 0 Å². The van der Waals surface area contributed by atoms with Crippen LogP contribution in [0.3, 0.4) is 0 Å². The zero-order chi connectivity index (χ0) is 25.9. The number of aliphatic imine (C=N–C) groups is 1. The summed E-state index contributed by atoms with van der Waals surface area (Å²) in [5.41, 5.74) is 7.46. The molecule has 3 N–H and O–H groups in total. The lowest BCUT2D eigenvalue weighted by Crippen LogP contribution is -2.43. The Bertz CT molecular complexity index is 1180. The standard InChI is InChI=1S/C27H33F2N5O2/c1-18(30)21(17-31-2)24-14-19(26(35)34-10-4-3-5-11-34)15-25(32-24)33-12-8-27(36,9-13-33)20-6-7-22(28)23(29)16-20/h6-7,14-17,36H,3-5,8-13,30H2,1-2H3/b21-18+,31-17?. The van der Waals surface area contributed by atoms with Crippen molar-refractivity contribution in [3.05, 3.63) is 64.5 Å². The van der Waals surface area contributed by atoms with Gasteiger partial charge in [0.25, 0.3) is 5.91 Å². The number of piperidine rings is 2. The van der Waals surface area contributed by atoms with Gasteiger partial charge in [-0.05, 0) is 68.9 Å². The molecule has 0 saturated carbocycles. The predicted octanol–water partition coefficient (Wildman–Crippen LogP) is 3.86. The van der Waals surface area contributed by atoms with Crippen LogP contribution < -0.4 is 10.6 Å². The van der Waals surface area contributed by atoms with Gasteiger partial charge >= 0.3 is 0 Å². The molecule has 0 aliphatic carbocycles. The second kappa shape index (κ2) is 10.7. The van der Waals surface area contributed by atoms with E-state index in [1.165, 1.54) is 6.07 Å². The number of aromatic nitrogens is 1. The molecule has 192 valence electrons. The van der Waals surface area contributed by atoms with Crippen molar-refractivity contribution < 1.29 is 18.7 Å². The van der Waals surface area contributed by atoms with E-state index in [4.69, 9.17) is 10.7 Å². The number of nitrogens with zero attached hydrogens (tertiary/aromatic N) is 4. The number of halogens is 2. The maximum atomic E-state index is 13.8. The maximum Gasteiger partial charge on any atom is 0.254 e. The number of carbonyl (C=O) groups is 1. The SMILES string of the molecule is CN=C/C(=C(/C)N)c1cc(C(=O)N2CCCCC2)cc(N2CCC(O)(c3ccc(F)c(F)c3)CC2)n1. The molecule has 2 aromatic rings. The van der Waals surface area contributed by atoms with Crippen molar-refractivity contribution in [2.75, 3.05) is 38.1 Å². The molecule has 0 bridgehead atoms. The first-order valence-electron chi connectivity index (χ1n) is 12.3. The largest absolute Gasteiger partial charge is 0.402 e. The molecular formula is C27H33F2N5O2. The summed E-state index contributed by atoms with van der Waals surface area (Å²) in [5.74, 6) is -1.37. The van der Waals surface area contributed by atoms with Crippen molar-refractivity contribution in [1.29, 1.82) is 0 Å². The number of rotatable bonds is 5. The number of aliphatic hydroxyl groups is 1. The van der Waals surface area contributed by atoms with E-state index in [1.54, 1.807) is 32.3 Å². The smallest absolute Gasteiger partial charge is 0.254 e. The molecule has 2 saturated heterocycles. The predicted molar refractivity (Wildman–Crippen MR) is 137 cm³/mol. The number of benzene rings is 1. The Hall–Kier alpha value is -3.33. The van der Waals surface area contributed by atoms with Crippen LogP contribution in [0.4, 0.5) is 14.6 Å². The van der Waals surface area contributed by atoms with Gasteiger partial charge in [0.1, 0.15) is 5.82 Å². The third kappa shape index (κ3) is 5.41. The zero-order valence-electron chi connectivity index (χ0n) is 20.8. The highest BCUT2D eigenvalue weighted by molar-refractivity contribution is 6.10. The minimum Gasteiger partial charge on any atom is -0.402 e. The summed E-state index contributed by atoms with van der Waals surface area (Å²) in [6.07, 6.45) is 5.33. The van der Waals surface area contributed by atoms with E-state index < -0.39 is 17.2 Å². The van der Waals surface area contributed by atoms with E-state index in [9.17, 15) is 18.7 Å². The third-order valence-corrected chi connectivity index (χ3v) is 7.03. The van der Waals surface area contributed by atoms with E-state index >= 15 is 0 Å². The van der Waals surface area contributed by atoms with Crippen LogP contribution in [-0.2, 0) is 5.60 Å². The molecule has 0 radical (unpaired) electrons. The average Bonchev–Trinajstić information content (AvgIpc) is 2.88. The molecule has 0 atom stereocenters. The molecule has 36 heavy (non-hydrogen) atoms. The van der Waals surface area contributed by atoms with Gasteiger partial charge in [-0.2, -0.15) is 0 Å². The minimum atomic E-state index is -1.27. The van der Waals surface area contributed by atoms with E-state index in [1.807, 2.05) is 9.80 Å². The maximum absolute atomic E-state index is 13.8. The van der Waals surface area contributed by atoms with Crippen molar-refractivity contribution >= 4 is 23.5 Å². The summed E-state index contributed by atoms with van der Waals surface area (Å²) in [6.45, 7) is 4.07. The van der Waals surface area contributed by atoms with E-state index in [-0.39, 0.29) is 5.91 Å². The van der Waals surface area contributed by atoms with Crippen LogP contribution in [0.2, 0.25) is 0 Å². The van der Waals surface area contributed by atoms with Crippen LogP contribution in [0.25, 0.3) is 5.57 Å². The van der Waals surface area contributed by atoms with Gasteiger partial charge in [0.15, 0.2) is 11.6 Å². The molecule has 0 unspecified atom stereocenters. The van der Waals surface area contributed by atoms with E-state index in [0.717, 1.165) is 44.5 Å². The summed E-state index contributed by atoms with van der Waals surface area (Å²) in [6, 6.07) is 7.07. The summed E-state index contributed by atoms with van der Waals surface area (Å²) >= 11 is 0. The monoisotopic (exact) mass is 497 g/mol. The first-order valence-corrected chi connectivity index (χ1v) is 12.3. The average molecular weight is 498 g/mol. The Morgan fingerprint density at radius 2 is 1.78 bits per heavy atom. The molecule has 4 rings (SSSR count). The molecule has 1 amide bonds. The Labute approximate surface area is 210 Å². The highest BCUT2D eigenvalue weighted by atomic mass is 19.2. The quantitative estimate of drug-likeness (QED) is 0.612. The van der Waals surface area contributed by atoms with Crippen LogP contribution in [0, 0.1) is 11.6 Å². The highest BCUT2D eigenvalue weighted by Crippen LogP contribution is 2.35. The van der Waals surface area contributed by atoms with Gasteiger partial charge in [-0.1, -0.05) is 6.07 Å². The molecule has 3 heterocycles. The van der Waals surface area contributed by atoms with Crippen LogP contribution >= 0.6 is 0 Å². The van der Waals surface area contributed by atoms with E-state index in [2.05, 4.69) is 4.99 Å². The summed E-state index contributed by atoms with van der Waals surface area (Å²) in [4.78, 5) is 26.2. The van der Waals surface area contributed by atoms with Crippen molar-refractivity contribution in [3.63, 3.8) is 0 Å². The van der Waals surface area contributed by atoms with Crippen molar-refractivity contribution in [3.8, 4) is 0 Å². The van der Waals surface area contributed by atoms with Gasteiger partial charge in [0.05, 0.1) is 11.3 Å². The van der Waals surface area contributed by atoms with Gasteiger partial charge in [-0.15, -0.1) is 0 Å². The van der Waals surface area contributed by atoms with Gasteiger partial charge < -0.3 is 20.6 Å². The number of amides is 1. The lowest BCUT2D eigenvalue weighted by Gasteiger charge is -2.39. The Morgan fingerprint density at radius 1 is 1.08 bits per heavy atom. The molecule has 2 aliphatic heterocycles. The molecule has 2 fully saturated rings. The molecule has 1 aromatic heterocycles. The second-order valence-corrected chi connectivity index (χ2v) is 9.58. The van der Waals surface area contributed by atoms with Crippen LogP contribution in [0.5, 0.6) is 0 Å². The molecule has 7 nitrogen and oxygen atoms in total. The molecule has 1 aromatic carbocycles. The topological polar surface area (TPSA) is 95.0 Å². The summed E-state index contributed by atoms with van der Waals surface area (Å²) < 4.78 is 27.2. The summed E-state index contributed by atoms with van der Waals surface area (Å²) in [7, 11) is 1.65. The van der Waals surface area contributed by atoms with Crippen molar-refractivity contribution in [2.24, 2.45) is 10.7 Å². The fraction of sp³-hybridized carbons (Fsp3) is 0.444. The highest BCUT2D eigenvalue weighted by Gasteiger charge is 2.35. The first kappa shape index (κ1) is 25.8. The Balaban J connectivity index is 1.65. The normalized spacial score (nSPS) is 18.9. The Morgan fingerprint density at radius 3 is 2.39 bits per heavy atom. The lowest BCUT2D eigenvalue weighted by molar-refractivity contribution is 0.0113. The lowest BCUT2D eigenvalue weighted by atomic mass is 9.84. The van der Waals surface area contributed by atoms with Crippen molar-refractivity contribution in [2.45, 2.75) is 44.6 Å². The fourth-order valence-corrected chi connectivity index (χ4v) is 4.90. The van der Waals surface area contributed by atoms with Gasteiger partial charge in [0, 0.05) is 56.3 Å². The molecule has 9 heteroatoms. The van der Waals surface area contributed by atoms with Crippen LogP contribution in [-0.4, -0.2) is 60.3 Å². The molecule has 2 aliphatic rings. The summed E-state index contributed by atoms with van der Waals surface area (Å²) in [5, 5.41) is 11.2. The van der Waals surface area contributed by atoms with Gasteiger partial charge in [-0.25, -0.2) is 13.8 Å². The first-order chi connectivity index (χ1) is 17.2. The van der Waals surface area contributed by atoms with Crippen LogP contribution in [0.15, 0.2) is 41.0 Å². The Kier molecular flexibility index (Phi) is 7.68.